The highest BCUT2D eigenvalue weighted by atomic mass is 16.2. The third-order valence-electron chi connectivity index (χ3n) is 2.81. The molecule has 5 nitrogen and oxygen atoms in total. The van der Waals surface area contributed by atoms with Crippen molar-refractivity contribution in [3.05, 3.63) is 29.8 Å². The Morgan fingerprint density at radius 2 is 1.70 bits per heavy atom. The zero-order chi connectivity index (χ0) is 14.8. The molecule has 0 aliphatic heterocycles. The summed E-state index contributed by atoms with van der Waals surface area (Å²) in [6, 6.07) is 6.99. The summed E-state index contributed by atoms with van der Waals surface area (Å²) in [5, 5.41) is 8.48. The van der Waals surface area contributed by atoms with Crippen LogP contribution in [0.2, 0.25) is 0 Å². The number of amides is 3. The van der Waals surface area contributed by atoms with Crippen LogP contribution in [0.1, 0.15) is 44.0 Å². The zero-order valence-electron chi connectivity index (χ0n) is 12.1. The van der Waals surface area contributed by atoms with Gasteiger partial charge in [-0.05, 0) is 57.9 Å². The normalized spacial score (nSPS) is 14.6. The number of anilines is 1. The van der Waals surface area contributed by atoms with Crippen LogP contribution in [0.15, 0.2) is 24.3 Å². The van der Waals surface area contributed by atoms with Gasteiger partial charge in [0.15, 0.2) is 0 Å². The zero-order valence-corrected chi connectivity index (χ0v) is 12.1. The van der Waals surface area contributed by atoms with Crippen LogP contribution in [0.4, 0.5) is 10.5 Å². The van der Waals surface area contributed by atoms with E-state index in [9.17, 15) is 9.59 Å². The summed E-state index contributed by atoms with van der Waals surface area (Å²) >= 11 is 0. The second-order valence-corrected chi connectivity index (χ2v) is 6.15. The first-order valence-corrected chi connectivity index (χ1v) is 6.83. The number of nitrogens with one attached hydrogen (secondary N) is 3. The van der Waals surface area contributed by atoms with Crippen molar-refractivity contribution in [2.75, 3.05) is 5.32 Å². The lowest BCUT2D eigenvalue weighted by Crippen LogP contribution is -2.40. The van der Waals surface area contributed by atoms with Crippen molar-refractivity contribution in [2.24, 2.45) is 0 Å². The molecule has 1 aromatic rings. The first-order valence-electron chi connectivity index (χ1n) is 6.83. The Hall–Kier alpha value is -2.04. The first-order chi connectivity index (χ1) is 9.33. The van der Waals surface area contributed by atoms with Gasteiger partial charge in [-0.15, -0.1) is 0 Å². The number of hydrogen-bond acceptors (Lipinski definition) is 2. The van der Waals surface area contributed by atoms with Crippen molar-refractivity contribution in [2.45, 2.75) is 45.2 Å². The highest BCUT2D eigenvalue weighted by Crippen LogP contribution is 2.19. The van der Waals surface area contributed by atoms with Gasteiger partial charge in [-0.25, -0.2) is 4.79 Å². The van der Waals surface area contributed by atoms with Crippen LogP contribution < -0.4 is 16.0 Å². The van der Waals surface area contributed by atoms with Gasteiger partial charge in [0.05, 0.1) is 0 Å². The van der Waals surface area contributed by atoms with Crippen LogP contribution in [-0.4, -0.2) is 23.5 Å². The number of hydrogen-bond donors (Lipinski definition) is 3. The maximum Gasteiger partial charge on any atom is 0.319 e. The van der Waals surface area contributed by atoms with Gasteiger partial charge in [0.25, 0.3) is 5.91 Å². The molecule has 1 saturated carbocycles. The molecule has 0 unspecified atom stereocenters. The number of carbonyl (C=O) groups is 2. The second kappa shape index (κ2) is 5.53. The van der Waals surface area contributed by atoms with Crippen molar-refractivity contribution < 1.29 is 9.59 Å². The van der Waals surface area contributed by atoms with Gasteiger partial charge in [0.2, 0.25) is 0 Å². The predicted molar refractivity (Wildman–Crippen MR) is 78.8 cm³/mol. The summed E-state index contributed by atoms with van der Waals surface area (Å²) in [4.78, 5) is 23.5. The Labute approximate surface area is 119 Å². The number of rotatable bonds is 3. The Bertz CT molecular complexity index is 499. The molecule has 1 aliphatic rings. The lowest BCUT2D eigenvalue weighted by Gasteiger charge is -2.20. The Morgan fingerprint density at radius 3 is 2.20 bits per heavy atom. The average molecular weight is 275 g/mol. The summed E-state index contributed by atoms with van der Waals surface area (Å²) in [6.07, 6.45) is 2.11. The van der Waals surface area contributed by atoms with E-state index in [0.29, 0.717) is 17.3 Å². The smallest absolute Gasteiger partial charge is 0.319 e. The molecular formula is C15H21N3O2. The van der Waals surface area contributed by atoms with Crippen LogP contribution in [0, 0.1) is 0 Å². The topological polar surface area (TPSA) is 70.2 Å². The van der Waals surface area contributed by atoms with Gasteiger partial charge in [-0.1, -0.05) is 0 Å². The van der Waals surface area contributed by atoms with Gasteiger partial charge in [-0.3, -0.25) is 4.79 Å². The summed E-state index contributed by atoms with van der Waals surface area (Å²) in [7, 11) is 0. The quantitative estimate of drug-likeness (QED) is 0.793. The van der Waals surface area contributed by atoms with E-state index >= 15 is 0 Å². The summed E-state index contributed by atoms with van der Waals surface area (Å²) in [5.41, 5.74) is 0.988. The molecule has 2 rings (SSSR count). The van der Waals surface area contributed by atoms with Gasteiger partial charge >= 0.3 is 6.03 Å². The van der Waals surface area contributed by atoms with E-state index in [4.69, 9.17) is 0 Å². The minimum absolute atomic E-state index is 0.119. The fourth-order valence-corrected chi connectivity index (χ4v) is 1.70. The molecule has 108 valence electrons. The van der Waals surface area contributed by atoms with Crippen LogP contribution in [0.3, 0.4) is 0 Å². The van der Waals surface area contributed by atoms with Crippen molar-refractivity contribution in [3.63, 3.8) is 0 Å². The Kier molecular flexibility index (Phi) is 3.97. The number of urea groups is 1. The molecule has 0 heterocycles. The molecule has 0 aromatic heterocycles. The largest absolute Gasteiger partial charge is 0.347 e. The molecule has 0 atom stereocenters. The lowest BCUT2D eigenvalue weighted by molar-refractivity contribution is 0.0919. The first kappa shape index (κ1) is 14.4. The number of carbonyl (C=O) groups excluding carboxylic acids is 2. The highest BCUT2D eigenvalue weighted by Gasteiger charge is 2.23. The van der Waals surface area contributed by atoms with Crippen LogP contribution >= 0.6 is 0 Å². The summed E-state index contributed by atoms with van der Waals surface area (Å²) in [6.45, 7) is 5.80. The molecule has 0 spiro atoms. The van der Waals surface area contributed by atoms with Crippen molar-refractivity contribution in [1.82, 2.24) is 10.6 Å². The fraction of sp³-hybridized carbons (Fsp3) is 0.467. The third-order valence-corrected chi connectivity index (χ3v) is 2.81. The number of benzene rings is 1. The molecule has 1 fully saturated rings. The van der Waals surface area contributed by atoms with E-state index in [1.807, 2.05) is 20.8 Å². The van der Waals surface area contributed by atoms with E-state index in [1.165, 1.54) is 0 Å². The van der Waals surface area contributed by atoms with E-state index in [1.54, 1.807) is 24.3 Å². The summed E-state index contributed by atoms with van der Waals surface area (Å²) < 4.78 is 0. The maximum atomic E-state index is 11.9. The molecule has 0 saturated heterocycles. The minimum atomic E-state index is -0.266. The van der Waals surface area contributed by atoms with Gasteiger partial charge in [-0.2, -0.15) is 0 Å². The van der Waals surface area contributed by atoms with E-state index < -0.39 is 0 Å². The molecule has 3 amide bonds. The SMILES string of the molecule is CC(C)(C)NC(=O)c1ccc(NC(=O)NC2CC2)cc1. The minimum Gasteiger partial charge on any atom is -0.347 e. The molecule has 20 heavy (non-hydrogen) atoms. The predicted octanol–water partition coefficient (Wildman–Crippen LogP) is 2.50. The molecular weight excluding hydrogens is 254 g/mol. The molecule has 3 N–H and O–H groups in total. The molecule has 1 aromatic carbocycles. The third kappa shape index (κ3) is 4.57. The van der Waals surface area contributed by atoms with Gasteiger partial charge < -0.3 is 16.0 Å². The lowest BCUT2D eigenvalue weighted by atomic mass is 10.1. The van der Waals surface area contributed by atoms with E-state index in [-0.39, 0.29) is 17.5 Å². The molecule has 0 radical (unpaired) electrons. The summed E-state index contributed by atoms with van der Waals surface area (Å²) in [5.74, 6) is -0.119. The molecule has 0 bridgehead atoms. The average Bonchev–Trinajstić information content (AvgIpc) is 3.11. The van der Waals surface area contributed by atoms with E-state index in [2.05, 4.69) is 16.0 Å². The monoisotopic (exact) mass is 275 g/mol. The van der Waals surface area contributed by atoms with Gasteiger partial charge in [0, 0.05) is 22.8 Å². The standard InChI is InChI=1S/C15H21N3O2/c1-15(2,3)18-13(19)10-4-6-11(7-5-10)16-14(20)17-12-8-9-12/h4-7,12H,8-9H2,1-3H3,(H,18,19)(H2,16,17,20). The van der Waals surface area contributed by atoms with Crippen molar-refractivity contribution in [3.8, 4) is 0 Å². The Balaban J connectivity index is 1.91. The van der Waals surface area contributed by atoms with E-state index in [0.717, 1.165) is 12.8 Å². The second-order valence-electron chi connectivity index (χ2n) is 6.15. The van der Waals surface area contributed by atoms with Crippen LogP contribution in [0.25, 0.3) is 0 Å². The molecule has 1 aliphatic carbocycles. The fourth-order valence-electron chi connectivity index (χ4n) is 1.70. The van der Waals surface area contributed by atoms with Crippen LogP contribution in [-0.2, 0) is 0 Å². The van der Waals surface area contributed by atoms with Crippen LogP contribution in [0.5, 0.6) is 0 Å². The van der Waals surface area contributed by atoms with Crippen molar-refractivity contribution in [1.29, 1.82) is 0 Å². The Morgan fingerprint density at radius 1 is 1.10 bits per heavy atom. The van der Waals surface area contributed by atoms with Crippen molar-refractivity contribution >= 4 is 17.6 Å². The highest BCUT2D eigenvalue weighted by molar-refractivity contribution is 5.96. The van der Waals surface area contributed by atoms with Gasteiger partial charge in [0.1, 0.15) is 0 Å². The maximum absolute atomic E-state index is 11.9. The molecule has 5 heteroatoms.